The lowest BCUT2D eigenvalue weighted by atomic mass is 10.0. The summed E-state index contributed by atoms with van der Waals surface area (Å²) in [5.74, 6) is -1.71. The number of aldehydes is 1. The molecule has 0 aliphatic carbocycles. The lowest BCUT2D eigenvalue weighted by molar-refractivity contribution is 0.111. The number of rotatable bonds is 5. The number of hydrogen-bond acceptors (Lipinski definition) is 3. The van der Waals surface area contributed by atoms with Crippen LogP contribution in [0.25, 0.3) is 0 Å². The van der Waals surface area contributed by atoms with Crippen molar-refractivity contribution >= 4 is 6.29 Å². The smallest absolute Gasteiger partial charge is 0.170 e. The number of nitrogens with two attached hydrogens (primary N) is 1. The van der Waals surface area contributed by atoms with E-state index in [1.54, 1.807) is 0 Å². The lowest BCUT2D eigenvalue weighted by Gasteiger charge is -2.13. The zero-order chi connectivity index (χ0) is 11.5. The van der Waals surface area contributed by atoms with Crippen molar-refractivity contribution in [3.63, 3.8) is 0 Å². The van der Waals surface area contributed by atoms with Gasteiger partial charge in [-0.15, -0.1) is 0 Å². The predicted octanol–water partition coefficient (Wildman–Crippen LogP) is 1.36. The molecule has 0 aromatic carbocycles. The van der Waals surface area contributed by atoms with Crippen LogP contribution >= 0.6 is 0 Å². The van der Waals surface area contributed by atoms with Crippen LogP contribution in [0.1, 0.15) is 42.0 Å². The summed E-state index contributed by atoms with van der Waals surface area (Å²) in [5, 5.41) is 6.62. The van der Waals surface area contributed by atoms with E-state index < -0.39 is 5.79 Å². The number of carbonyl (C=O) groups excluding carboxylic acids is 1. The van der Waals surface area contributed by atoms with Gasteiger partial charge in [-0.2, -0.15) is 5.10 Å². The fourth-order valence-electron chi connectivity index (χ4n) is 1.46. The SMILES string of the molecule is CCc1[nH]nc(C=O)c1CCC(C)(N)F. The summed E-state index contributed by atoms with van der Waals surface area (Å²) in [7, 11) is 0. The normalized spacial score (nSPS) is 14.9. The van der Waals surface area contributed by atoms with E-state index in [1.165, 1.54) is 6.92 Å². The van der Waals surface area contributed by atoms with Gasteiger partial charge in [-0.05, 0) is 26.2 Å². The van der Waals surface area contributed by atoms with Crippen LogP contribution in [0.3, 0.4) is 0 Å². The van der Waals surface area contributed by atoms with Crippen LogP contribution < -0.4 is 5.73 Å². The predicted molar refractivity (Wildman–Crippen MR) is 55.4 cm³/mol. The standard InChI is InChI=1S/C10H16FN3O/c1-3-8-7(4-5-10(2,11)12)9(6-15)14-13-8/h6H,3-5,12H2,1-2H3,(H,13,14). The van der Waals surface area contributed by atoms with E-state index in [1.807, 2.05) is 6.92 Å². The molecular formula is C10H16FN3O. The van der Waals surface area contributed by atoms with Crippen molar-refractivity contribution in [1.29, 1.82) is 0 Å². The number of alkyl halides is 1. The van der Waals surface area contributed by atoms with E-state index >= 15 is 0 Å². The van der Waals surface area contributed by atoms with Gasteiger partial charge in [-0.25, -0.2) is 4.39 Å². The van der Waals surface area contributed by atoms with Crippen molar-refractivity contribution in [3.05, 3.63) is 17.0 Å². The first kappa shape index (κ1) is 11.8. The molecule has 0 fully saturated rings. The van der Waals surface area contributed by atoms with Gasteiger partial charge in [0, 0.05) is 11.3 Å². The minimum atomic E-state index is -1.71. The first-order valence-corrected chi connectivity index (χ1v) is 4.97. The fraction of sp³-hybridized carbons (Fsp3) is 0.600. The second-order valence-electron chi connectivity index (χ2n) is 3.82. The Hall–Kier alpha value is -1.23. The third-order valence-corrected chi connectivity index (χ3v) is 2.31. The van der Waals surface area contributed by atoms with Gasteiger partial charge in [0.05, 0.1) is 0 Å². The lowest BCUT2D eigenvalue weighted by Crippen LogP contribution is -2.30. The van der Waals surface area contributed by atoms with Gasteiger partial charge >= 0.3 is 0 Å². The van der Waals surface area contributed by atoms with Crippen molar-refractivity contribution in [1.82, 2.24) is 10.2 Å². The number of nitrogens with one attached hydrogen (secondary N) is 1. The van der Waals surface area contributed by atoms with Gasteiger partial charge in [-0.3, -0.25) is 15.6 Å². The Morgan fingerprint density at radius 3 is 2.80 bits per heavy atom. The van der Waals surface area contributed by atoms with Crippen LogP contribution in [0.15, 0.2) is 0 Å². The maximum absolute atomic E-state index is 13.1. The summed E-state index contributed by atoms with van der Waals surface area (Å²) in [6.07, 6.45) is 2.03. The van der Waals surface area contributed by atoms with Crippen LogP contribution in [0.4, 0.5) is 4.39 Å². The molecule has 1 aromatic heterocycles. The van der Waals surface area contributed by atoms with Gasteiger partial charge in [0.15, 0.2) is 12.1 Å². The van der Waals surface area contributed by atoms with E-state index in [4.69, 9.17) is 5.73 Å². The van der Waals surface area contributed by atoms with Crippen LogP contribution in [0.2, 0.25) is 0 Å². The highest BCUT2D eigenvalue weighted by atomic mass is 19.1. The molecule has 0 saturated heterocycles. The Labute approximate surface area is 88.1 Å². The number of nitrogens with zero attached hydrogens (tertiary/aromatic N) is 1. The topological polar surface area (TPSA) is 71.8 Å². The molecule has 15 heavy (non-hydrogen) atoms. The molecule has 0 amide bonds. The average Bonchev–Trinajstić information content (AvgIpc) is 2.55. The van der Waals surface area contributed by atoms with Gasteiger partial charge < -0.3 is 0 Å². The van der Waals surface area contributed by atoms with Gasteiger partial charge in [0.25, 0.3) is 0 Å². The van der Waals surface area contributed by atoms with Crippen molar-refractivity contribution < 1.29 is 9.18 Å². The molecule has 0 saturated carbocycles. The van der Waals surface area contributed by atoms with Crippen LogP contribution in [0, 0.1) is 0 Å². The largest absolute Gasteiger partial charge is 0.299 e. The third-order valence-electron chi connectivity index (χ3n) is 2.31. The van der Waals surface area contributed by atoms with Crippen molar-refractivity contribution in [2.75, 3.05) is 0 Å². The molecule has 4 nitrogen and oxygen atoms in total. The Balaban J connectivity index is 2.82. The Kier molecular flexibility index (Phi) is 3.57. The number of hydrogen-bond donors (Lipinski definition) is 2. The highest BCUT2D eigenvalue weighted by molar-refractivity contribution is 5.74. The molecular weight excluding hydrogens is 197 g/mol. The van der Waals surface area contributed by atoms with Gasteiger partial charge in [0.2, 0.25) is 0 Å². The monoisotopic (exact) mass is 213 g/mol. The molecule has 0 aliphatic rings. The minimum absolute atomic E-state index is 0.181. The highest BCUT2D eigenvalue weighted by Crippen LogP contribution is 2.17. The van der Waals surface area contributed by atoms with Gasteiger partial charge in [0.1, 0.15) is 5.69 Å². The number of aryl methyl sites for hydroxylation is 1. The van der Waals surface area contributed by atoms with E-state index in [9.17, 15) is 9.18 Å². The summed E-state index contributed by atoms with van der Waals surface area (Å²) < 4.78 is 13.1. The minimum Gasteiger partial charge on any atom is -0.299 e. The third kappa shape index (κ3) is 3.13. The summed E-state index contributed by atoms with van der Waals surface area (Å²) in [5.41, 5.74) is 7.26. The number of carbonyl (C=O) groups is 1. The van der Waals surface area contributed by atoms with Crippen molar-refractivity contribution in [2.24, 2.45) is 5.73 Å². The number of aromatic amines is 1. The Morgan fingerprint density at radius 2 is 2.33 bits per heavy atom. The number of aromatic nitrogens is 2. The highest BCUT2D eigenvalue weighted by Gasteiger charge is 2.19. The maximum atomic E-state index is 13.1. The molecule has 0 spiro atoms. The second-order valence-corrected chi connectivity index (χ2v) is 3.82. The van der Waals surface area contributed by atoms with Gasteiger partial charge in [-0.1, -0.05) is 6.92 Å². The maximum Gasteiger partial charge on any atom is 0.170 e. The molecule has 0 bridgehead atoms. The zero-order valence-electron chi connectivity index (χ0n) is 9.01. The molecule has 0 aliphatic heterocycles. The second kappa shape index (κ2) is 4.53. The van der Waals surface area contributed by atoms with E-state index in [2.05, 4.69) is 10.2 Å². The molecule has 1 atom stereocenters. The summed E-state index contributed by atoms with van der Waals surface area (Å²) in [4.78, 5) is 10.7. The van der Waals surface area contributed by atoms with Crippen molar-refractivity contribution in [3.8, 4) is 0 Å². The first-order valence-electron chi connectivity index (χ1n) is 4.97. The van der Waals surface area contributed by atoms with E-state index in [-0.39, 0.29) is 6.42 Å². The Bertz CT molecular complexity index is 341. The number of halogens is 1. The Morgan fingerprint density at radius 1 is 1.67 bits per heavy atom. The fourth-order valence-corrected chi connectivity index (χ4v) is 1.46. The van der Waals surface area contributed by atoms with Crippen molar-refractivity contribution in [2.45, 2.75) is 38.9 Å². The van der Waals surface area contributed by atoms with E-state index in [0.717, 1.165) is 17.7 Å². The van der Waals surface area contributed by atoms with E-state index in [0.29, 0.717) is 18.4 Å². The molecule has 1 aromatic rings. The molecule has 3 N–H and O–H groups in total. The first-order chi connectivity index (χ1) is 6.98. The summed E-state index contributed by atoms with van der Waals surface area (Å²) >= 11 is 0. The molecule has 0 radical (unpaired) electrons. The number of H-pyrrole nitrogens is 1. The zero-order valence-corrected chi connectivity index (χ0v) is 9.01. The van der Waals surface area contributed by atoms with Crippen LogP contribution in [-0.2, 0) is 12.8 Å². The van der Waals surface area contributed by atoms with Crippen LogP contribution in [0.5, 0.6) is 0 Å². The summed E-state index contributed by atoms with van der Waals surface area (Å²) in [6, 6.07) is 0. The molecule has 1 heterocycles. The quantitative estimate of drug-likeness (QED) is 0.573. The molecule has 1 unspecified atom stereocenters. The molecule has 84 valence electrons. The summed E-state index contributed by atoms with van der Waals surface area (Å²) in [6.45, 7) is 3.27. The molecule has 1 rings (SSSR count). The molecule has 5 heteroatoms. The van der Waals surface area contributed by atoms with Crippen LogP contribution in [-0.4, -0.2) is 22.3 Å². The average molecular weight is 213 g/mol.